The smallest absolute Gasteiger partial charge is 0.123 e. The van der Waals surface area contributed by atoms with Gasteiger partial charge in [-0.15, -0.1) is 0 Å². The highest BCUT2D eigenvalue weighted by Gasteiger charge is 2.45. The van der Waals surface area contributed by atoms with Crippen LogP contribution < -0.4 is 0 Å². The number of rotatable bonds is 3. The van der Waals surface area contributed by atoms with Crippen LogP contribution in [0.15, 0.2) is 24.3 Å². The van der Waals surface area contributed by atoms with Gasteiger partial charge in [0.05, 0.1) is 5.60 Å². The predicted octanol–water partition coefficient (Wildman–Crippen LogP) is 2.36. The molecule has 0 amide bonds. The van der Waals surface area contributed by atoms with Crippen LogP contribution in [0.5, 0.6) is 0 Å². The zero-order valence-corrected chi connectivity index (χ0v) is 10.8. The summed E-state index contributed by atoms with van der Waals surface area (Å²) in [6, 6.07) is 7.71. The normalized spacial score (nSPS) is 32.9. The molecule has 1 saturated carbocycles. The van der Waals surface area contributed by atoms with Gasteiger partial charge in [0, 0.05) is 25.0 Å². The van der Waals surface area contributed by atoms with E-state index in [2.05, 4.69) is 11.8 Å². The number of likely N-dealkylation sites (tertiary alicyclic amines) is 1. The van der Waals surface area contributed by atoms with Crippen molar-refractivity contribution in [3.63, 3.8) is 0 Å². The molecule has 0 radical (unpaired) electrons. The molecule has 1 aliphatic heterocycles. The second-order valence-electron chi connectivity index (χ2n) is 5.99. The zero-order valence-electron chi connectivity index (χ0n) is 10.8. The fraction of sp³-hybridized carbons (Fsp3) is 0.600. The fourth-order valence-electron chi connectivity index (χ4n) is 3.28. The summed E-state index contributed by atoms with van der Waals surface area (Å²) in [7, 11) is 0. The van der Waals surface area contributed by atoms with Gasteiger partial charge < -0.3 is 5.11 Å². The van der Waals surface area contributed by atoms with Crippen molar-refractivity contribution >= 4 is 0 Å². The number of halogens is 1. The van der Waals surface area contributed by atoms with Crippen molar-refractivity contribution < 1.29 is 9.50 Å². The minimum atomic E-state index is -0.685. The molecule has 1 aromatic carbocycles. The summed E-state index contributed by atoms with van der Waals surface area (Å²) in [5.41, 5.74) is 0.206. The predicted molar refractivity (Wildman–Crippen MR) is 68.9 cm³/mol. The first-order valence-electron chi connectivity index (χ1n) is 6.78. The van der Waals surface area contributed by atoms with Crippen molar-refractivity contribution in [1.29, 1.82) is 0 Å². The molecule has 18 heavy (non-hydrogen) atoms. The fourth-order valence-corrected chi connectivity index (χ4v) is 3.28. The minimum absolute atomic E-state index is 0.221. The lowest BCUT2D eigenvalue weighted by molar-refractivity contribution is 0.0486. The van der Waals surface area contributed by atoms with Gasteiger partial charge in [0.2, 0.25) is 0 Å². The third kappa shape index (κ3) is 2.43. The highest BCUT2D eigenvalue weighted by Crippen LogP contribution is 2.38. The van der Waals surface area contributed by atoms with Gasteiger partial charge in [-0.1, -0.05) is 12.1 Å². The van der Waals surface area contributed by atoms with E-state index in [1.165, 1.54) is 25.0 Å². The molecule has 98 valence electrons. The summed E-state index contributed by atoms with van der Waals surface area (Å²) >= 11 is 0. The van der Waals surface area contributed by atoms with Crippen LogP contribution in [-0.4, -0.2) is 34.2 Å². The molecule has 3 rings (SSSR count). The first-order chi connectivity index (χ1) is 8.56. The first-order valence-corrected chi connectivity index (χ1v) is 6.78. The van der Waals surface area contributed by atoms with Gasteiger partial charge in [-0.25, -0.2) is 4.39 Å². The lowest BCUT2D eigenvalue weighted by Crippen LogP contribution is -2.36. The number of benzene rings is 1. The Balaban J connectivity index is 1.72. The van der Waals surface area contributed by atoms with Crippen LogP contribution in [0.3, 0.4) is 0 Å². The molecule has 3 heteroatoms. The number of aliphatic hydroxyl groups is 1. The lowest BCUT2D eigenvalue weighted by atomic mass is 9.92. The standard InChI is InChI=1S/C15H20FNO/c1-11-8-15(18,10-17(11)14-5-6-14)9-12-3-2-4-13(16)7-12/h2-4,7,11,14,18H,5-6,8-10H2,1H3. The molecule has 1 N–H and O–H groups in total. The molecular weight excluding hydrogens is 229 g/mol. The number of hydrogen-bond donors (Lipinski definition) is 1. The van der Waals surface area contributed by atoms with Crippen molar-refractivity contribution in [1.82, 2.24) is 4.90 Å². The van der Waals surface area contributed by atoms with E-state index in [0.29, 0.717) is 18.5 Å². The number of hydrogen-bond acceptors (Lipinski definition) is 2. The Morgan fingerprint density at radius 1 is 1.44 bits per heavy atom. The van der Waals surface area contributed by atoms with E-state index in [1.807, 2.05) is 6.07 Å². The van der Waals surface area contributed by atoms with Crippen LogP contribution in [0.25, 0.3) is 0 Å². The molecule has 2 unspecified atom stereocenters. The maximum Gasteiger partial charge on any atom is 0.123 e. The average Bonchev–Trinajstić information content (AvgIpc) is 3.05. The molecule has 1 saturated heterocycles. The van der Waals surface area contributed by atoms with E-state index in [4.69, 9.17) is 0 Å². The summed E-state index contributed by atoms with van der Waals surface area (Å²) in [5, 5.41) is 10.7. The molecule has 2 fully saturated rings. The highest BCUT2D eigenvalue weighted by atomic mass is 19.1. The first kappa shape index (κ1) is 12.1. The van der Waals surface area contributed by atoms with Crippen LogP contribution >= 0.6 is 0 Å². The maximum atomic E-state index is 13.2. The second kappa shape index (κ2) is 4.32. The van der Waals surface area contributed by atoms with Crippen LogP contribution in [0.2, 0.25) is 0 Å². The van der Waals surface area contributed by atoms with Crippen LogP contribution in [-0.2, 0) is 6.42 Å². The molecular formula is C15H20FNO. The summed E-state index contributed by atoms with van der Waals surface area (Å²) in [6.07, 6.45) is 3.87. The largest absolute Gasteiger partial charge is 0.388 e. The summed E-state index contributed by atoms with van der Waals surface area (Å²) in [5.74, 6) is -0.221. The van der Waals surface area contributed by atoms with Crippen LogP contribution in [0.4, 0.5) is 4.39 Å². The van der Waals surface area contributed by atoms with E-state index >= 15 is 0 Å². The zero-order chi connectivity index (χ0) is 12.8. The maximum absolute atomic E-state index is 13.2. The summed E-state index contributed by atoms with van der Waals surface area (Å²) in [6.45, 7) is 2.91. The van der Waals surface area contributed by atoms with Gasteiger partial charge in [0.1, 0.15) is 5.82 Å². The monoisotopic (exact) mass is 249 g/mol. The van der Waals surface area contributed by atoms with Gasteiger partial charge in [-0.2, -0.15) is 0 Å². The van der Waals surface area contributed by atoms with Crippen molar-refractivity contribution in [2.75, 3.05) is 6.54 Å². The minimum Gasteiger partial charge on any atom is -0.388 e. The average molecular weight is 249 g/mol. The molecule has 1 aromatic rings. The molecule has 1 aliphatic carbocycles. The third-order valence-electron chi connectivity index (χ3n) is 4.16. The Morgan fingerprint density at radius 3 is 2.89 bits per heavy atom. The van der Waals surface area contributed by atoms with Gasteiger partial charge >= 0.3 is 0 Å². The van der Waals surface area contributed by atoms with E-state index in [1.54, 1.807) is 6.07 Å². The van der Waals surface area contributed by atoms with E-state index in [9.17, 15) is 9.50 Å². The quantitative estimate of drug-likeness (QED) is 0.889. The van der Waals surface area contributed by atoms with Crippen molar-refractivity contribution in [2.45, 2.75) is 50.3 Å². The van der Waals surface area contributed by atoms with Gasteiger partial charge in [-0.3, -0.25) is 4.90 Å². The van der Waals surface area contributed by atoms with Gasteiger partial charge in [0.25, 0.3) is 0 Å². The molecule has 2 aliphatic rings. The molecule has 2 atom stereocenters. The van der Waals surface area contributed by atoms with E-state index in [-0.39, 0.29) is 5.82 Å². The van der Waals surface area contributed by atoms with Crippen molar-refractivity contribution in [3.05, 3.63) is 35.6 Å². The van der Waals surface area contributed by atoms with Crippen LogP contribution in [0, 0.1) is 5.82 Å². The molecule has 0 bridgehead atoms. The highest BCUT2D eigenvalue weighted by molar-refractivity contribution is 5.20. The SMILES string of the molecule is CC1CC(O)(Cc2cccc(F)c2)CN1C1CC1. The Kier molecular flexibility index (Phi) is 2.91. The Labute approximate surface area is 107 Å². The molecule has 2 nitrogen and oxygen atoms in total. The lowest BCUT2D eigenvalue weighted by Gasteiger charge is -2.23. The van der Waals surface area contributed by atoms with E-state index < -0.39 is 5.60 Å². The number of β-amino-alcohol motifs (C(OH)–C–C–N with tert-alkyl or cyclic N) is 1. The molecule has 0 aromatic heterocycles. The third-order valence-corrected chi connectivity index (χ3v) is 4.16. The van der Waals surface area contributed by atoms with Gasteiger partial charge in [0.15, 0.2) is 0 Å². The summed E-state index contributed by atoms with van der Waals surface area (Å²) < 4.78 is 13.2. The molecule has 1 heterocycles. The Bertz CT molecular complexity index is 446. The van der Waals surface area contributed by atoms with Crippen LogP contribution in [0.1, 0.15) is 31.7 Å². The second-order valence-corrected chi connectivity index (χ2v) is 5.99. The van der Waals surface area contributed by atoms with Crippen molar-refractivity contribution in [3.8, 4) is 0 Å². The van der Waals surface area contributed by atoms with Crippen molar-refractivity contribution in [2.24, 2.45) is 0 Å². The Hall–Kier alpha value is -0.930. The van der Waals surface area contributed by atoms with E-state index in [0.717, 1.165) is 18.5 Å². The van der Waals surface area contributed by atoms with Gasteiger partial charge in [-0.05, 0) is 43.9 Å². The Morgan fingerprint density at radius 2 is 2.22 bits per heavy atom. The summed E-state index contributed by atoms with van der Waals surface area (Å²) in [4.78, 5) is 2.42. The number of nitrogens with zero attached hydrogens (tertiary/aromatic N) is 1. The molecule has 0 spiro atoms. The topological polar surface area (TPSA) is 23.5 Å².